The van der Waals surface area contributed by atoms with Crippen molar-refractivity contribution in [3.05, 3.63) is 48.0 Å². The summed E-state index contributed by atoms with van der Waals surface area (Å²) in [6.07, 6.45) is 2.20. The van der Waals surface area contributed by atoms with Crippen LogP contribution in [0.3, 0.4) is 0 Å². The molecule has 0 nitrogen and oxygen atoms in total. The van der Waals surface area contributed by atoms with Crippen LogP contribution in [0, 0.1) is 5.41 Å². The van der Waals surface area contributed by atoms with Crippen LogP contribution < -0.4 is 0 Å². The van der Waals surface area contributed by atoms with Crippen molar-refractivity contribution in [1.29, 1.82) is 0 Å². The first kappa shape index (κ1) is 11.0. The summed E-state index contributed by atoms with van der Waals surface area (Å²) in [5.41, 5.74) is 2.98. The molecule has 0 N–H and O–H groups in total. The van der Waals surface area contributed by atoms with Crippen LogP contribution in [-0.2, 0) is 6.42 Å². The second-order valence-electron chi connectivity index (χ2n) is 4.84. The highest BCUT2D eigenvalue weighted by Crippen LogP contribution is 2.27. The molecule has 0 bridgehead atoms. The third kappa shape index (κ3) is 3.37. The number of hydrogen-bond acceptors (Lipinski definition) is 0. The third-order valence-electron chi connectivity index (χ3n) is 2.62. The van der Waals surface area contributed by atoms with Gasteiger partial charge in [0, 0.05) is 0 Å². The minimum absolute atomic E-state index is 0.245. The predicted octanol–water partition coefficient (Wildman–Crippen LogP) is 4.22. The SMILES string of the molecule is C=C(CCc1ccccc1)C(C)(C)C. The number of hydrogen-bond donors (Lipinski definition) is 0. The second-order valence-corrected chi connectivity index (χ2v) is 4.84. The van der Waals surface area contributed by atoms with Crippen LogP contribution in [-0.4, -0.2) is 0 Å². The standard InChI is InChI=1S/C14H20/c1-12(14(2,3)4)10-11-13-8-6-5-7-9-13/h5-9H,1,10-11H2,2-4H3. The van der Waals surface area contributed by atoms with Gasteiger partial charge in [0.1, 0.15) is 0 Å². The van der Waals surface area contributed by atoms with Gasteiger partial charge in [0.05, 0.1) is 0 Å². The van der Waals surface area contributed by atoms with E-state index < -0.39 is 0 Å². The largest absolute Gasteiger partial charge is 0.0993 e. The highest BCUT2D eigenvalue weighted by atomic mass is 14.2. The Hall–Kier alpha value is -1.04. The van der Waals surface area contributed by atoms with E-state index in [1.54, 1.807) is 0 Å². The zero-order valence-corrected chi connectivity index (χ0v) is 9.51. The normalized spacial score (nSPS) is 11.4. The summed E-state index contributed by atoms with van der Waals surface area (Å²) in [5, 5.41) is 0. The number of benzene rings is 1. The van der Waals surface area contributed by atoms with Crippen molar-refractivity contribution in [3.8, 4) is 0 Å². The van der Waals surface area contributed by atoms with E-state index in [4.69, 9.17) is 0 Å². The molecule has 0 aliphatic rings. The van der Waals surface area contributed by atoms with E-state index in [0.717, 1.165) is 12.8 Å². The van der Waals surface area contributed by atoms with Gasteiger partial charge in [-0.15, -0.1) is 0 Å². The van der Waals surface area contributed by atoms with Crippen LogP contribution in [0.15, 0.2) is 42.5 Å². The van der Waals surface area contributed by atoms with E-state index in [-0.39, 0.29) is 5.41 Å². The van der Waals surface area contributed by atoms with Crippen LogP contribution in [0.4, 0.5) is 0 Å². The third-order valence-corrected chi connectivity index (χ3v) is 2.62. The molecule has 1 rings (SSSR count). The van der Waals surface area contributed by atoms with Gasteiger partial charge in [0.25, 0.3) is 0 Å². The average molecular weight is 188 g/mol. The van der Waals surface area contributed by atoms with Crippen molar-refractivity contribution in [2.45, 2.75) is 33.6 Å². The molecule has 0 saturated carbocycles. The van der Waals surface area contributed by atoms with E-state index in [1.165, 1.54) is 11.1 Å². The fourth-order valence-corrected chi connectivity index (χ4v) is 1.31. The molecule has 76 valence electrons. The van der Waals surface area contributed by atoms with Gasteiger partial charge in [0.15, 0.2) is 0 Å². The molecule has 1 aromatic rings. The Balaban J connectivity index is 2.46. The average Bonchev–Trinajstić information content (AvgIpc) is 2.14. The Morgan fingerprint density at radius 1 is 1.14 bits per heavy atom. The Kier molecular flexibility index (Phi) is 3.51. The van der Waals surface area contributed by atoms with Gasteiger partial charge >= 0.3 is 0 Å². The Bertz CT molecular complexity index is 288. The molecule has 0 spiro atoms. The predicted molar refractivity (Wildman–Crippen MR) is 63.4 cm³/mol. The zero-order valence-electron chi connectivity index (χ0n) is 9.51. The number of rotatable bonds is 3. The molecule has 0 heteroatoms. The summed E-state index contributed by atoms with van der Waals surface area (Å²) >= 11 is 0. The Labute approximate surface area is 87.7 Å². The summed E-state index contributed by atoms with van der Waals surface area (Å²) in [6.45, 7) is 10.8. The molecular formula is C14H20. The first-order valence-corrected chi connectivity index (χ1v) is 5.22. The lowest BCUT2D eigenvalue weighted by Gasteiger charge is -2.21. The zero-order chi connectivity index (χ0) is 10.6. The molecule has 0 heterocycles. The molecular weight excluding hydrogens is 168 g/mol. The van der Waals surface area contributed by atoms with Gasteiger partial charge < -0.3 is 0 Å². The molecule has 0 unspecified atom stereocenters. The minimum Gasteiger partial charge on any atom is -0.0993 e. The van der Waals surface area contributed by atoms with Gasteiger partial charge in [-0.2, -0.15) is 0 Å². The summed E-state index contributed by atoms with van der Waals surface area (Å²) in [4.78, 5) is 0. The quantitative estimate of drug-likeness (QED) is 0.623. The number of aryl methyl sites for hydroxylation is 1. The maximum Gasteiger partial charge on any atom is -0.0176 e. The smallest absolute Gasteiger partial charge is 0.0176 e. The summed E-state index contributed by atoms with van der Waals surface area (Å²) in [6, 6.07) is 10.6. The molecule has 0 fully saturated rings. The topological polar surface area (TPSA) is 0 Å². The lowest BCUT2D eigenvalue weighted by Crippen LogP contribution is -2.08. The molecule has 0 amide bonds. The van der Waals surface area contributed by atoms with Crippen LogP contribution in [0.5, 0.6) is 0 Å². The summed E-state index contributed by atoms with van der Waals surface area (Å²) in [5.74, 6) is 0. The second kappa shape index (κ2) is 4.45. The van der Waals surface area contributed by atoms with Crippen LogP contribution in [0.1, 0.15) is 32.8 Å². The van der Waals surface area contributed by atoms with Gasteiger partial charge in [-0.05, 0) is 23.8 Å². The lowest BCUT2D eigenvalue weighted by molar-refractivity contribution is 0.484. The molecule has 0 radical (unpaired) electrons. The van der Waals surface area contributed by atoms with E-state index in [0.29, 0.717) is 0 Å². The van der Waals surface area contributed by atoms with Crippen molar-refractivity contribution in [3.63, 3.8) is 0 Å². The monoisotopic (exact) mass is 188 g/mol. The Morgan fingerprint density at radius 2 is 1.71 bits per heavy atom. The van der Waals surface area contributed by atoms with Gasteiger partial charge in [-0.1, -0.05) is 63.3 Å². The van der Waals surface area contributed by atoms with E-state index in [1.807, 2.05) is 0 Å². The van der Waals surface area contributed by atoms with Gasteiger partial charge in [0.2, 0.25) is 0 Å². The Morgan fingerprint density at radius 3 is 2.21 bits per heavy atom. The van der Waals surface area contributed by atoms with Crippen molar-refractivity contribution in [2.75, 3.05) is 0 Å². The van der Waals surface area contributed by atoms with E-state index in [9.17, 15) is 0 Å². The van der Waals surface area contributed by atoms with E-state index >= 15 is 0 Å². The minimum atomic E-state index is 0.245. The summed E-state index contributed by atoms with van der Waals surface area (Å²) in [7, 11) is 0. The summed E-state index contributed by atoms with van der Waals surface area (Å²) < 4.78 is 0. The molecule has 0 atom stereocenters. The van der Waals surface area contributed by atoms with Crippen LogP contribution in [0.2, 0.25) is 0 Å². The lowest BCUT2D eigenvalue weighted by atomic mass is 9.84. The van der Waals surface area contributed by atoms with Crippen LogP contribution in [0.25, 0.3) is 0 Å². The van der Waals surface area contributed by atoms with Gasteiger partial charge in [-0.25, -0.2) is 0 Å². The number of allylic oxidation sites excluding steroid dienone is 1. The van der Waals surface area contributed by atoms with Crippen molar-refractivity contribution >= 4 is 0 Å². The maximum atomic E-state index is 4.14. The molecule has 1 aromatic carbocycles. The maximum absolute atomic E-state index is 4.14. The molecule has 0 aromatic heterocycles. The van der Waals surface area contributed by atoms with Crippen molar-refractivity contribution in [2.24, 2.45) is 5.41 Å². The highest BCUT2D eigenvalue weighted by Gasteiger charge is 2.13. The molecule has 14 heavy (non-hydrogen) atoms. The van der Waals surface area contributed by atoms with Crippen molar-refractivity contribution in [1.82, 2.24) is 0 Å². The highest BCUT2D eigenvalue weighted by molar-refractivity contribution is 5.17. The van der Waals surface area contributed by atoms with Crippen molar-refractivity contribution < 1.29 is 0 Å². The molecule has 0 aliphatic carbocycles. The van der Waals surface area contributed by atoms with Crippen LogP contribution >= 0.6 is 0 Å². The molecule has 0 aliphatic heterocycles. The first-order valence-electron chi connectivity index (χ1n) is 5.22. The fourth-order valence-electron chi connectivity index (χ4n) is 1.31. The molecule has 0 saturated heterocycles. The van der Waals surface area contributed by atoms with E-state index in [2.05, 4.69) is 57.7 Å². The van der Waals surface area contributed by atoms with Gasteiger partial charge in [-0.3, -0.25) is 0 Å². The first-order chi connectivity index (χ1) is 6.50. The fraction of sp³-hybridized carbons (Fsp3) is 0.429.